The minimum atomic E-state index is -0.126. The fourth-order valence-corrected chi connectivity index (χ4v) is 1.29. The van der Waals surface area contributed by atoms with Gasteiger partial charge >= 0.3 is 0 Å². The summed E-state index contributed by atoms with van der Waals surface area (Å²) in [5.41, 5.74) is 1.34. The van der Waals surface area contributed by atoms with Crippen molar-refractivity contribution in [1.82, 2.24) is 5.32 Å². The molecule has 0 fully saturated rings. The van der Waals surface area contributed by atoms with E-state index in [0.29, 0.717) is 17.8 Å². The Bertz CT molecular complexity index is 473. The highest BCUT2D eigenvalue weighted by Crippen LogP contribution is 2.00. The van der Waals surface area contributed by atoms with E-state index in [-0.39, 0.29) is 5.91 Å². The maximum absolute atomic E-state index is 11.8. The maximum atomic E-state index is 11.8. The number of hydrogen-bond donors (Lipinski definition) is 1. The summed E-state index contributed by atoms with van der Waals surface area (Å²) in [6.07, 6.45) is 6.52. The van der Waals surface area contributed by atoms with Gasteiger partial charge in [0.15, 0.2) is 0 Å². The molecule has 0 radical (unpaired) electrons. The van der Waals surface area contributed by atoms with Crippen LogP contribution >= 0.6 is 0 Å². The van der Waals surface area contributed by atoms with Crippen molar-refractivity contribution in [3.05, 3.63) is 73.0 Å². The molecule has 0 aromatic heterocycles. The van der Waals surface area contributed by atoms with Gasteiger partial charge in [-0.1, -0.05) is 43.5 Å². The molecule has 1 rings (SSSR count). The average Bonchev–Trinajstić information content (AvgIpc) is 2.42. The minimum Gasteiger partial charge on any atom is -0.346 e. The second-order valence-electron chi connectivity index (χ2n) is 3.46. The van der Waals surface area contributed by atoms with Gasteiger partial charge in [0.2, 0.25) is 0 Å². The van der Waals surface area contributed by atoms with Crippen LogP contribution in [0.25, 0.3) is 0 Å². The molecule has 1 aromatic rings. The van der Waals surface area contributed by atoms with Gasteiger partial charge in [-0.3, -0.25) is 9.79 Å². The fraction of sp³-hybridized carbons (Fsp3) is 0.0667. The number of nitrogens with one attached hydrogen (secondary N) is 1. The minimum absolute atomic E-state index is 0.126. The van der Waals surface area contributed by atoms with E-state index >= 15 is 0 Å². The second-order valence-corrected chi connectivity index (χ2v) is 3.46. The number of hydrogen-bond acceptors (Lipinski definition) is 2. The molecule has 3 heteroatoms. The molecule has 0 atom stereocenters. The van der Waals surface area contributed by atoms with Gasteiger partial charge in [0.1, 0.15) is 0 Å². The van der Waals surface area contributed by atoms with Gasteiger partial charge in [-0.05, 0) is 18.2 Å². The Kier molecular flexibility index (Phi) is 5.90. The summed E-state index contributed by atoms with van der Waals surface area (Å²) in [6, 6.07) is 9.04. The summed E-state index contributed by atoms with van der Waals surface area (Å²) in [6.45, 7) is 7.50. The first-order chi connectivity index (χ1) is 8.77. The van der Waals surface area contributed by atoms with Crippen molar-refractivity contribution < 1.29 is 4.79 Å². The molecule has 1 N–H and O–H groups in total. The van der Waals surface area contributed by atoms with E-state index in [2.05, 4.69) is 23.5 Å². The Balaban J connectivity index is 2.60. The van der Waals surface area contributed by atoms with Crippen LogP contribution in [-0.2, 0) is 0 Å². The highest BCUT2D eigenvalue weighted by Gasteiger charge is 2.03. The van der Waals surface area contributed by atoms with Gasteiger partial charge in [0.05, 0.1) is 12.2 Å². The third-order valence-corrected chi connectivity index (χ3v) is 2.12. The number of allylic oxidation sites excluding steroid dienone is 3. The van der Waals surface area contributed by atoms with Crippen molar-refractivity contribution >= 4 is 12.1 Å². The molecular formula is C15H16N2O. The normalized spacial score (nSPS) is 11.2. The fourth-order valence-electron chi connectivity index (χ4n) is 1.29. The molecule has 0 saturated heterocycles. The monoisotopic (exact) mass is 240 g/mol. The molecule has 0 aliphatic rings. The summed E-state index contributed by atoms with van der Waals surface area (Å²) < 4.78 is 0. The third kappa shape index (κ3) is 4.61. The molecule has 3 nitrogen and oxygen atoms in total. The predicted molar refractivity (Wildman–Crippen MR) is 75.7 cm³/mol. The molecule has 0 unspecified atom stereocenters. The van der Waals surface area contributed by atoms with E-state index in [9.17, 15) is 4.79 Å². The van der Waals surface area contributed by atoms with E-state index in [1.165, 1.54) is 0 Å². The topological polar surface area (TPSA) is 41.5 Å². The summed E-state index contributed by atoms with van der Waals surface area (Å²) in [7, 11) is 0. The highest BCUT2D eigenvalue weighted by atomic mass is 16.1. The van der Waals surface area contributed by atoms with Crippen LogP contribution in [0.2, 0.25) is 0 Å². The molecule has 92 valence electrons. The summed E-state index contributed by atoms with van der Waals surface area (Å²) in [4.78, 5) is 15.9. The van der Waals surface area contributed by atoms with E-state index in [1.54, 1.807) is 36.6 Å². The molecule has 0 spiro atoms. The van der Waals surface area contributed by atoms with Crippen molar-refractivity contribution in [2.24, 2.45) is 4.99 Å². The van der Waals surface area contributed by atoms with Crippen LogP contribution in [0.3, 0.4) is 0 Å². The van der Waals surface area contributed by atoms with Gasteiger partial charge in [0, 0.05) is 11.8 Å². The van der Waals surface area contributed by atoms with Crippen LogP contribution in [0.1, 0.15) is 10.4 Å². The number of nitrogens with zero attached hydrogens (tertiary/aromatic N) is 1. The number of carbonyl (C=O) groups excluding carboxylic acids is 1. The summed E-state index contributed by atoms with van der Waals surface area (Å²) in [5.74, 6) is -0.126. The van der Waals surface area contributed by atoms with Gasteiger partial charge in [-0.2, -0.15) is 0 Å². The predicted octanol–water partition coefficient (Wildman–Crippen LogP) is 2.74. The van der Waals surface area contributed by atoms with Gasteiger partial charge in [-0.25, -0.2) is 0 Å². The van der Waals surface area contributed by atoms with Gasteiger partial charge in [-0.15, -0.1) is 0 Å². The van der Waals surface area contributed by atoms with Gasteiger partial charge in [0.25, 0.3) is 5.91 Å². The van der Waals surface area contributed by atoms with E-state index in [1.807, 2.05) is 18.2 Å². The molecule has 0 saturated carbocycles. The number of amides is 1. The molecule has 0 aliphatic heterocycles. The Hall–Kier alpha value is -2.42. The Labute approximate surface area is 107 Å². The summed E-state index contributed by atoms with van der Waals surface area (Å²) >= 11 is 0. The molecule has 18 heavy (non-hydrogen) atoms. The SMILES string of the molecule is C=CC=N/C(=C\C=C)CNC(=O)c1ccccc1. The lowest BCUT2D eigenvalue weighted by molar-refractivity contribution is 0.0957. The van der Waals surface area contributed by atoms with Crippen LogP contribution in [0.5, 0.6) is 0 Å². The van der Waals surface area contributed by atoms with Crippen LogP contribution < -0.4 is 5.32 Å². The van der Waals surface area contributed by atoms with E-state index in [4.69, 9.17) is 0 Å². The number of carbonyl (C=O) groups is 1. The molecule has 1 amide bonds. The second kappa shape index (κ2) is 7.79. The van der Waals surface area contributed by atoms with Crippen molar-refractivity contribution in [3.63, 3.8) is 0 Å². The third-order valence-electron chi connectivity index (χ3n) is 2.12. The largest absolute Gasteiger partial charge is 0.346 e. The lowest BCUT2D eigenvalue weighted by atomic mass is 10.2. The quantitative estimate of drug-likeness (QED) is 0.603. The van der Waals surface area contributed by atoms with E-state index in [0.717, 1.165) is 0 Å². The van der Waals surface area contributed by atoms with E-state index < -0.39 is 0 Å². The van der Waals surface area contributed by atoms with Crippen LogP contribution in [0, 0.1) is 0 Å². The zero-order valence-electron chi connectivity index (χ0n) is 10.2. The molecule has 0 aliphatic carbocycles. The molecular weight excluding hydrogens is 224 g/mol. The van der Waals surface area contributed by atoms with Crippen molar-refractivity contribution in [2.75, 3.05) is 6.54 Å². The first kappa shape index (κ1) is 13.6. The van der Waals surface area contributed by atoms with Crippen LogP contribution in [-0.4, -0.2) is 18.7 Å². The highest BCUT2D eigenvalue weighted by molar-refractivity contribution is 5.94. The van der Waals surface area contributed by atoms with Crippen molar-refractivity contribution in [2.45, 2.75) is 0 Å². The van der Waals surface area contributed by atoms with Crippen molar-refractivity contribution in [1.29, 1.82) is 0 Å². The molecule has 0 bridgehead atoms. The number of benzene rings is 1. The molecule has 0 heterocycles. The lowest BCUT2D eigenvalue weighted by Crippen LogP contribution is -2.25. The van der Waals surface area contributed by atoms with Crippen LogP contribution in [0.15, 0.2) is 72.4 Å². The van der Waals surface area contributed by atoms with Crippen LogP contribution in [0.4, 0.5) is 0 Å². The first-order valence-corrected chi connectivity index (χ1v) is 5.58. The zero-order valence-corrected chi connectivity index (χ0v) is 10.2. The standard InChI is InChI=1S/C15H16N2O/c1-3-8-14(16-11-4-2)12-17-15(18)13-9-6-5-7-10-13/h3-11H,1-2,12H2,(H,17,18)/b14-8-,16-11?. The number of aliphatic imine (C=N–C) groups is 1. The Morgan fingerprint density at radius 1 is 1.22 bits per heavy atom. The molecule has 1 aromatic carbocycles. The van der Waals surface area contributed by atoms with Gasteiger partial charge < -0.3 is 5.32 Å². The number of rotatable bonds is 6. The average molecular weight is 240 g/mol. The zero-order chi connectivity index (χ0) is 13.2. The lowest BCUT2D eigenvalue weighted by Gasteiger charge is -2.05. The first-order valence-electron chi connectivity index (χ1n) is 5.58. The summed E-state index contributed by atoms with van der Waals surface area (Å²) in [5, 5.41) is 2.79. The Morgan fingerprint density at radius 2 is 1.94 bits per heavy atom. The Morgan fingerprint density at radius 3 is 2.56 bits per heavy atom. The van der Waals surface area contributed by atoms with Crippen molar-refractivity contribution in [3.8, 4) is 0 Å². The smallest absolute Gasteiger partial charge is 0.251 e. The maximum Gasteiger partial charge on any atom is 0.251 e.